The fraction of sp³-hybridized carbons (Fsp3) is 0.222. The number of halogens is 2. The zero-order valence-corrected chi connectivity index (χ0v) is 14.2. The molecule has 1 fully saturated rings. The highest BCUT2D eigenvalue weighted by Gasteiger charge is 2.15. The molecule has 0 spiro atoms. The third-order valence-electron chi connectivity index (χ3n) is 4.05. The average molecular weight is 361 g/mol. The summed E-state index contributed by atoms with van der Waals surface area (Å²) in [6, 6.07) is 14.2. The monoisotopic (exact) mass is 360 g/mol. The first kappa shape index (κ1) is 17.5. The van der Waals surface area contributed by atoms with Crippen LogP contribution < -0.4 is 5.32 Å². The number of hydrogen-bond donors (Lipinski definition) is 1. The van der Waals surface area contributed by atoms with Crippen LogP contribution >= 0.6 is 12.4 Å². The van der Waals surface area contributed by atoms with Gasteiger partial charge in [-0.3, -0.25) is 0 Å². The second-order valence-electron chi connectivity index (χ2n) is 5.67. The van der Waals surface area contributed by atoms with Gasteiger partial charge in [0.1, 0.15) is 12.1 Å². The Hall–Kier alpha value is -2.28. The first-order chi connectivity index (χ1) is 11.8. The second kappa shape index (κ2) is 7.74. The molecule has 0 saturated carbocycles. The van der Waals surface area contributed by atoms with E-state index >= 15 is 0 Å². The third-order valence-corrected chi connectivity index (χ3v) is 4.05. The van der Waals surface area contributed by atoms with Crippen molar-refractivity contribution in [3.8, 4) is 17.1 Å². The molecular weight excluding hydrogens is 343 g/mol. The maximum Gasteiger partial charge on any atom is 0.181 e. The van der Waals surface area contributed by atoms with Crippen molar-refractivity contribution in [3.63, 3.8) is 0 Å². The number of hydrogen-bond acceptors (Lipinski definition) is 4. The molecule has 5 nitrogen and oxygen atoms in total. The van der Waals surface area contributed by atoms with Crippen molar-refractivity contribution in [1.82, 2.24) is 20.1 Å². The van der Waals surface area contributed by atoms with Gasteiger partial charge < -0.3 is 10.1 Å². The Morgan fingerprint density at radius 3 is 2.52 bits per heavy atom. The lowest BCUT2D eigenvalue weighted by molar-refractivity contribution is 0.0277. The third kappa shape index (κ3) is 3.87. The Bertz CT molecular complexity index is 814. The molecule has 7 heteroatoms. The average Bonchev–Trinajstić information content (AvgIpc) is 3.13. The largest absolute Gasteiger partial charge is 0.371 e. The second-order valence-corrected chi connectivity index (χ2v) is 5.67. The minimum Gasteiger partial charge on any atom is -0.371 e. The predicted molar refractivity (Wildman–Crippen MR) is 95.6 cm³/mol. The van der Waals surface area contributed by atoms with Crippen molar-refractivity contribution in [2.45, 2.75) is 6.10 Å². The zero-order chi connectivity index (χ0) is 16.4. The maximum atomic E-state index is 13.0. The van der Waals surface area contributed by atoms with E-state index < -0.39 is 0 Å². The topological polar surface area (TPSA) is 52.0 Å². The molecule has 0 radical (unpaired) electrons. The van der Waals surface area contributed by atoms with Crippen molar-refractivity contribution < 1.29 is 9.13 Å². The van der Waals surface area contributed by atoms with Crippen molar-refractivity contribution in [2.24, 2.45) is 0 Å². The van der Waals surface area contributed by atoms with Crippen LogP contribution in [0.1, 0.15) is 11.7 Å². The number of ether oxygens (including phenoxy) is 1. The molecule has 1 atom stereocenters. The summed E-state index contributed by atoms with van der Waals surface area (Å²) in [5.41, 5.74) is 2.85. The van der Waals surface area contributed by atoms with E-state index in [1.54, 1.807) is 23.1 Å². The molecule has 2 heterocycles. The Morgan fingerprint density at radius 2 is 1.84 bits per heavy atom. The van der Waals surface area contributed by atoms with Gasteiger partial charge in [0, 0.05) is 18.7 Å². The number of nitrogens with zero attached hydrogens (tertiary/aromatic N) is 3. The number of rotatable bonds is 3. The molecule has 1 saturated heterocycles. The van der Waals surface area contributed by atoms with Crippen LogP contribution in [0.3, 0.4) is 0 Å². The lowest BCUT2D eigenvalue weighted by Gasteiger charge is -2.24. The van der Waals surface area contributed by atoms with Gasteiger partial charge in [0.15, 0.2) is 5.82 Å². The molecule has 25 heavy (non-hydrogen) atoms. The molecule has 130 valence electrons. The number of nitrogens with one attached hydrogen (secondary N) is 1. The Kier molecular flexibility index (Phi) is 5.43. The van der Waals surface area contributed by atoms with Crippen LogP contribution in [-0.4, -0.2) is 34.5 Å². The molecule has 0 bridgehead atoms. The molecular formula is C18H18ClFN4O. The fourth-order valence-electron chi connectivity index (χ4n) is 2.74. The summed E-state index contributed by atoms with van der Waals surface area (Å²) in [5.74, 6) is 0.298. The molecule has 0 unspecified atom stereocenters. The SMILES string of the molecule is Cl.Fc1ccc(-c2ncn(-c3ccc([C@@H]4CNCCO4)cc3)n2)cc1. The van der Waals surface area contributed by atoms with Gasteiger partial charge in [-0.1, -0.05) is 12.1 Å². The van der Waals surface area contributed by atoms with Gasteiger partial charge in [-0.05, 0) is 42.0 Å². The zero-order valence-electron chi connectivity index (χ0n) is 13.4. The van der Waals surface area contributed by atoms with Crippen LogP contribution in [0.25, 0.3) is 17.1 Å². The number of aromatic nitrogens is 3. The molecule has 2 aromatic carbocycles. The van der Waals surface area contributed by atoms with Gasteiger partial charge >= 0.3 is 0 Å². The van der Waals surface area contributed by atoms with E-state index in [9.17, 15) is 4.39 Å². The molecule has 1 aliphatic rings. The minimum atomic E-state index is -0.270. The lowest BCUT2D eigenvalue weighted by Crippen LogP contribution is -2.33. The normalized spacial score (nSPS) is 17.1. The highest BCUT2D eigenvalue weighted by atomic mass is 35.5. The Morgan fingerprint density at radius 1 is 1.08 bits per heavy atom. The summed E-state index contributed by atoms with van der Waals surface area (Å²) < 4.78 is 20.5. The fourth-order valence-corrected chi connectivity index (χ4v) is 2.74. The lowest BCUT2D eigenvalue weighted by atomic mass is 10.1. The van der Waals surface area contributed by atoms with E-state index in [0.717, 1.165) is 36.5 Å². The van der Waals surface area contributed by atoms with Gasteiger partial charge in [-0.15, -0.1) is 17.5 Å². The highest BCUT2D eigenvalue weighted by Crippen LogP contribution is 2.21. The molecule has 0 aliphatic carbocycles. The predicted octanol–water partition coefficient (Wildman–Crippen LogP) is 3.16. The molecule has 3 aromatic rings. The van der Waals surface area contributed by atoms with E-state index in [2.05, 4.69) is 15.4 Å². The first-order valence-electron chi connectivity index (χ1n) is 7.90. The number of morpholine rings is 1. The standard InChI is InChI=1S/C18H17FN4O.ClH/c19-15-5-1-14(2-6-15)18-21-12-23(22-18)16-7-3-13(4-8-16)17-11-20-9-10-24-17;/h1-8,12,17,20H,9-11H2;1H/t17-;/m0./s1. The van der Waals surface area contributed by atoms with Gasteiger partial charge in [0.25, 0.3) is 0 Å². The van der Waals surface area contributed by atoms with Gasteiger partial charge in [0.05, 0.1) is 18.4 Å². The van der Waals surface area contributed by atoms with E-state index in [1.807, 2.05) is 24.3 Å². The Labute approximate surface area is 151 Å². The summed E-state index contributed by atoms with van der Waals surface area (Å²) in [7, 11) is 0. The maximum absolute atomic E-state index is 13.0. The smallest absolute Gasteiger partial charge is 0.181 e. The summed E-state index contributed by atoms with van der Waals surface area (Å²) in [5, 5.41) is 7.79. The van der Waals surface area contributed by atoms with Gasteiger partial charge in [-0.25, -0.2) is 14.1 Å². The van der Waals surface area contributed by atoms with Gasteiger partial charge in [-0.2, -0.15) is 0 Å². The van der Waals surface area contributed by atoms with Crippen LogP contribution in [0, 0.1) is 5.82 Å². The summed E-state index contributed by atoms with van der Waals surface area (Å²) >= 11 is 0. The Balaban J connectivity index is 0.00000182. The van der Waals surface area contributed by atoms with E-state index in [4.69, 9.17) is 4.74 Å². The quantitative estimate of drug-likeness (QED) is 0.779. The van der Waals surface area contributed by atoms with E-state index in [-0.39, 0.29) is 24.3 Å². The first-order valence-corrected chi connectivity index (χ1v) is 7.90. The van der Waals surface area contributed by atoms with Crippen LogP contribution in [0.15, 0.2) is 54.9 Å². The van der Waals surface area contributed by atoms with Crippen molar-refractivity contribution >= 4 is 12.4 Å². The molecule has 0 amide bonds. The van der Waals surface area contributed by atoms with Crippen LogP contribution in [-0.2, 0) is 4.74 Å². The van der Waals surface area contributed by atoms with Crippen LogP contribution in [0.4, 0.5) is 4.39 Å². The molecule has 4 rings (SSSR count). The summed E-state index contributed by atoms with van der Waals surface area (Å²) in [4.78, 5) is 4.30. The number of benzene rings is 2. The summed E-state index contributed by atoms with van der Waals surface area (Å²) in [6.07, 6.45) is 1.75. The van der Waals surface area contributed by atoms with Gasteiger partial charge in [0.2, 0.25) is 0 Å². The van der Waals surface area contributed by atoms with Crippen LogP contribution in [0.5, 0.6) is 0 Å². The van der Waals surface area contributed by atoms with E-state index in [0.29, 0.717) is 5.82 Å². The molecule has 1 aliphatic heterocycles. The van der Waals surface area contributed by atoms with E-state index in [1.165, 1.54) is 12.1 Å². The van der Waals surface area contributed by atoms with Crippen LogP contribution in [0.2, 0.25) is 0 Å². The molecule has 1 aromatic heterocycles. The highest BCUT2D eigenvalue weighted by molar-refractivity contribution is 5.85. The molecule has 1 N–H and O–H groups in total. The van der Waals surface area contributed by atoms with Crippen molar-refractivity contribution in [2.75, 3.05) is 19.7 Å². The van der Waals surface area contributed by atoms with Crippen molar-refractivity contribution in [1.29, 1.82) is 0 Å². The van der Waals surface area contributed by atoms with Crippen molar-refractivity contribution in [3.05, 3.63) is 66.2 Å². The summed E-state index contributed by atoms with van der Waals surface area (Å²) in [6.45, 7) is 2.47. The minimum absolute atomic E-state index is 0.